The van der Waals surface area contributed by atoms with Gasteiger partial charge in [0.05, 0.1) is 25.5 Å². The van der Waals surface area contributed by atoms with Gasteiger partial charge in [0.2, 0.25) is 5.95 Å². The largest absolute Gasteiger partial charge is 0.506 e. The fourth-order valence-corrected chi connectivity index (χ4v) is 3.58. The number of benzene rings is 1. The Balaban J connectivity index is 2.18. The summed E-state index contributed by atoms with van der Waals surface area (Å²) >= 11 is 6.60. The van der Waals surface area contributed by atoms with Crippen LogP contribution in [0.1, 0.15) is 11.1 Å². The van der Waals surface area contributed by atoms with Gasteiger partial charge in [-0.05, 0) is 55.6 Å². The van der Waals surface area contributed by atoms with E-state index in [-0.39, 0.29) is 11.3 Å². The Morgan fingerprint density at radius 2 is 2.00 bits per heavy atom. The molecule has 3 rings (SSSR count). The molecule has 2 heterocycles. The van der Waals surface area contributed by atoms with E-state index in [1.54, 1.807) is 25.2 Å². The molecule has 0 atom stereocenters. The number of nitrogens with one attached hydrogen (secondary N) is 2. The van der Waals surface area contributed by atoms with E-state index in [0.717, 1.165) is 11.1 Å². The maximum absolute atomic E-state index is 12.3. The molecular weight excluding hydrogens is 428 g/mol. The van der Waals surface area contributed by atoms with Gasteiger partial charge < -0.3 is 15.4 Å². The Bertz CT molecular complexity index is 933. The van der Waals surface area contributed by atoms with Crippen LogP contribution in [0.4, 0.5) is 5.95 Å². The molecule has 8 heteroatoms. The second-order valence-corrected chi connectivity index (χ2v) is 6.62. The lowest BCUT2D eigenvalue weighted by molar-refractivity contribution is 0.468. The topological polar surface area (TPSA) is 90.9 Å². The van der Waals surface area contributed by atoms with Crippen molar-refractivity contribution in [3.63, 3.8) is 0 Å². The molecule has 0 aliphatic carbocycles. The van der Waals surface area contributed by atoms with Crippen molar-refractivity contribution in [3.8, 4) is 5.75 Å². The maximum Gasteiger partial charge on any atom is 0.275 e. The SMILES string of the molecule is CNc1nc2c(Cc3cc(Br)c(O)c(Br)c3)c(=O)nccc2[nH]1. The molecule has 0 radical (unpaired) electrons. The molecule has 23 heavy (non-hydrogen) atoms. The number of anilines is 1. The summed E-state index contributed by atoms with van der Waals surface area (Å²) in [7, 11) is 1.75. The zero-order valence-electron chi connectivity index (χ0n) is 12.0. The molecule has 6 nitrogen and oxygen atoms in total. The summed E-state index contributed by atoms with van der Waals surface area (Å²) in [4.78, 5) is 23.7. The van der Waals surface area contributed by atoms with Gasteiger partial charge in [-0.1, -0.05) is 0 Å². The molecule has 0 saturated carbocycles. The van der Waals surface area contributed by atoms with Crippen LogP contribution in [0.25, 0.3) is 11.0 Å². The lowest BCUT2D eigenvalue weighted by Gasteiger charge is -2.05. The molecule has 0 bridgehead atoms. The number of fused-ring (bicyclic) bond motifs is 1. The summed E-state index contributed by atoms with van der Waals surface area (Å²) in [6, 6.07) is 5.25. The zero-order chi connectivity index (χ0) is 16.6. The zero-order valence-corrected chi connectivity index (χ0v) is 15.2. The van der Waals surface area contributed by atoms with E-state index in [4.69, 9.17) is 0 Å². The minimum absolute atomic E-state index is 0.121. The third-order valence-corrected chi connectivity index (χ3v) is 4.61. The lowest BCUT2D eigenvalue weighted by Crippen LogP contribution is -2.10. The van der Waals surface area contributed by atoms with Gasteiger partial charge in [0, 0.05) is 19.7 Å². The average molecular weight is 440 g/mol. The first-order valence-electron chi connectivity index (χ1n) is 6.72. The Morgan fingerprint density at radius 1 is 1.30 bits per heavy atom. The highest BCUT2D eigenvalue weighted by Gasteiger charge is 2.13. The molecule has 3 N–H and O–H groups in total. The number of halogens is 2. The number of phenols is 1. The van der Waals surface area contributed by atoms with Crippen LogP contribution in [0.3, 0.4) is 0 Å². The van der Waals surface area contributed by atoms with Crippen LogP contribution < -0.4 is 10.9 Å². The Morgan fingerprint density at radius 3 is 2.65 bits per heavy atom. The summed E-state index contributed by atoms with van der Waals surface area (Å²) in [5, 5.41) is 12.7. The van der Waals surface area contributed by atoms with Crippen molar-refractivity contribution in [2.75, 3.05) is 12.4 Å². The van der Waals surface area contributed by atoms with Gasteiger partial charge in [-0.15, -0.1) is 0 Å². The van der Waals surface area contributed by atoms with Crippen molar-refractivity contribution in [2.45, 2.75) is 6.42 Å². The number of aromatic amines is 1. The minimum atomic E-state index is -0.325. The Labute approximate surface area is 148 Å². The maximum atomic E-state index is 12.3. The van der Waals surface area contributed by atoms with Crippen molar-refractivity contribution in [3.05, 3.63) is 54.8 Å². The number of aromatic hydroxyl groups is 1. The molecular formula is C15H12Br2N4O2. The van der Waals surface area contributed by atoms with Crippen LogP contribution in [0.5, 0.6) is 5.75 Å². The van der Waals surface area contributed by atoms with E-state index in [0.29, 0.717) is 32.4 Å². The number of imidazole rings is 1. The minimum Gasteiger partial charge on any atom is -0.506 e. The Hall–Kier alpha value is -1.93. The van der Waals surface area contributed by atoms with Gasteiger partial charge in [-0.25, -0.2) is 9.97 Å². The normalized spacial score (nSPS) is 10.9. The third-order valence-electron chi connectivity index (χ3n) is 3.40. The quantitative estimate of drug-likeness (QED) is 0.583. The van der Waals surface area contributed by atoms with Gasteiger partial charge in [0.25, 0.3) is 5.56 Å². The van der Waals surface area contributed by atoms with Crippen LogP contribution in [0.15, 0.2) is 38.1 Å². The molecule has 0 aliphatic heterocycles. The lowest BCUT2D eigenvalue weighted by atomic mass is 10.1. The number of hydrogen-bond donors (Lipinski definition) is 3. The van der Waals surface area contributed by atoms with Gasteiger partial charge in [0.15, 0.2) is 0 Å². The average Bonchev–Trinajstić information content (AvgIpc) is 2.87. The number of H-pyrrole nitrogens is 1. The summed E-state index contributed by atoms with van der Waals surface area (Å²) in [6.45, 7) is 0. The van der Waals surface area contributed by atoms with Gasteiger partial charge in [0.1, 0.15) is 5.75 Å². The summed E-state index contributed by atoms with van der Waals surface area (Å²) < 4.78 is 1.11. The van der Waals surface area contributed by atoms with Gasteiger partial charge >= 0.3 is 0 Å². The first kappa shape index (κ1) is 15.9. The van der Waals surface area contributed by atoms with Crippen LogP contribution >= 0.6 is 31.9 Å². The monoisotopic (exact) mass is 438 g/mol. The van der Waals surface area contributed by atoms with Crippen LogP contribution in [0, 0.1) is 0 Å². The van der Waals surface area contributed by atoms with E-state index in [2.05, 4.69) is 52.1 Å². The number of hydrogen-bond acceptors (Lipinski definition) is 5. The summed E-state index contributed by atoms with van der Waals surface area (Å²) in [5.41, 5.74) is 2.33. The highest BCUT2D eigenvalue weighted by molar-refractivity contribution is 9.11. The van der Waals surface area contributed by atoms with Crippen LogP contribution in [-0.4, -0.2) is 27.1 Å². The van der Waals surface area contributed by atoms with Crippen molar-refractivity contribution in [2.24, 2.45) is 0 Å². The van der Waals surface area contributed by atoms with E-state index in [1.165, 1.54) is 6.20 Å². The molecule has 0 amide bonds. The van der Waals surface area contributed by atoms with Crippen molar-refractivity contribution in [1.29, 1.82) is 0 Å². The number of rotatable bonds is 3. The fraction of sp³-hybridized carbons (Fsp3) is 0.133. The van der Waals surface area contributed by atoms with E-state index >= 15 is 0 Å². The molecule has 0 aliphatic rings. The molecule has 3 aromatic rings. The van der Waals surface area contributed by atoms with E-state index in [9.17, 15) is 9.90 Å². The first-order valence-corrected chi connectivity index (χ1v) is 8.30. The summed E-state index contributed by atoms with van der Waals surface area (Å²) in [5.74, 6) is 0.704. The second-order valence-electron chi connectivity index (χ2n) is 4.91. The van der Waals surface area contributed by atoms with Crippen molar-refractivity contribution >= 4 is 48.8 Å². The molecule has 2 aromatic heterocycles. The van der Waals surface area contributed by atoms with Crippen molar-refractivity contribution < 1.29 is 5.11 Å². The number of phenolic OH excluding ortho intramolecular Hbond substituents is 1. The molecule has 0 fully saturated rings. The smallest absolute Gasteiger partial charge is 0.275 e. The highest BCUT2D eigenvalue weighted by atomic mass is 79.9. The van der Waals surface area contributed by atoms with E-state index in [1.807, 2.05) is 0 Å². The molecule has 1 aromatic carbocycles. The third kappa shape index (κ3) is 3.09. The number of nitrogens with zero attached hydrogens (tertiary/aromatic N) is 2. The van der Waals surface area contributed by atoms with Crippen molar-refractivity contribution in [1.82, 2.24) is 15.0 Å². The standard InChI is InChI=1S/C15H12Br2N4O2/c1-18-15-20-11-2-3-19-14(23)8(12(11)21-15)4-7-5-9(16)13(22)10(17)6-7/h2-3,5-6,22H,4H2,1H3,(H2,18,20,21). The molecule has 0 saturated heterocycles. The molecule has 118 valence electrons. The fourth-order valence-electron chi connectivity index (χ4n) is 2.30. The second kappa shape index (κ2) is 6.29. The first-order chi connectivity index (χ1) is 11.0. The predicted molar refractivity (Wildman–Crippen MR) is 96.0 cm³/mol. The summed E-state index contributed by atoms with van der Waals surface area (Å²) in [6.07, 6.45) is 1.82. The van der Waals surface area contributed by atoms with Crippen LogP contribution in [-0.2, 0) is 6.42 Å². The van der Waals surface area contributed by atoms with Gasteiger partial charge in [-0.2, -0.15) is 0 Å². The Kier molecular flexibility index (Phi) is 4.36. The van der Waals surface area contributed by atoms with Crippen LogP contribution in [0.2, 0.25) is 0 Å². The van der Waals surface area contributed by atoms with Gasteiger partial charge in [-0.3, -0.25) is 4.79 Å². The number of aromatic nitrogens is 3. The van der Waals surface area contributed by atoms with E-state index < -0.39 is 0 Å². The molecule has 0 unspecified atom stereocenters. The highest BCUT2D eigenvalue weighted by Crippen LogP contribution is 2.34. The predicted octanol–water partition coefficient (Wildman–Crippen LogP) is 3.18. The molecule has 0 spiro atoms.